The fraction of sp³-hybridized carbons (Fsp3) is 0.500. The van der Waals surface area contributed by atoms with Gasteiger partial charge in [0.15, 0.2) is 5.82 Å². The van der Waals surface area contributed by atoms with E-state index in [-0.39, 0.29) is 30.3 Å². The van der Waals surface area contributed by atoms with Gasteiger partial charge in [-0.15, -0.1) is 10.2 Å². The highest BCUT2D eigenvalue weighted by Crippen LogP contribution is 2.19. The van der Waals surface area contributed by atoms with Crippen molar-refractivity contribution < 1.29 is 9.59 Å². The van der Waals surface area contributed by atoms with Gasteiger partial charge in [0, 0.05) is 43.7 Å². The Labute approximate surface area is 185 Å². The van der Waals surface area contributed by atoms with Crippen LogP contribution in [0.5, 0.6) is 0 Å². The number of nitrogens with zero attached hydrogens (tertiary/aromatic N) is 5. The van der Waals surface area contributed by atoms with E-state index in [1.807, 2.05) is 75.1 Å². The minimum atomic E-state index is -0.115. The molecule has 0 unspecified atom stereocenters. The van der Waals surface area contributed by atoms with Crippen molar-refractivity contribution in [1.82, 2.24) is 20.0 Å². The molecule has 1 atom stereocenters. The molecule has 1 aliphatic heterocycles. The van der Waals surface area contributed by atoms with E-state index in [1.165, 1.54) is 0 Å². The lowest BCUT2D eigenvalue weighted by atomic mass is 10.1. The zero-order chi connectivity index (χ0) is 22.4. The lowest BCUT2D eigenvalue weighted by Crippen LogP contribution is -2.53. The molecule has 1 fully saturated rings. The van der Waals surface area contributed by atoms with Crippen LogP contribution in [0.25, 0.3) is 11.3 Å². The molecule has 0 aliphatic carbocycles. The van der Waals surface area contributed by atoms with Gasteiger partial charge < -0.3 is 14.7 Å². The molecule has 0 N–H and O–H groups in total. The summed E-state index contributed by atoms with van der Waals surface area (Å²) < 4.78 is 0. The van der Waals surface area contributed by atoms with Crippen LogP contribution >= 0.6 is 0 Å². The lowest BCUT2D eigenvalue weighted by Gasteiger charge is -2.37. The number of aromatic nitrogens is 2. The molecular weight excluding hydrogens is 390 g/mol. The summed E-state index contributed by atoms with van der Waals surface area (Å²) >= 11 is 0. The molecule has 2 heterocycles. The largest absolute Gasteiger partial charge is 0.352 e. The fourth-order valence-corrected chi connectivity index (χ4v) is 3.69. The minimum absolute atomic E-state index is 0.0134. The van der Waals surface area contributed by atoms with Gasteiger partial charge in [-0.1, -0.05) is 51.1 Å². The number of carbonyl (C=O) groups excluding carboxylic acids is 2. The Balaban J connectivity index is 1.57. The number of carbonyl (C=O) groups is 2. The first-order valence-corrected chi connectivity index (χ1v) is 11.1. The van der Waals surface area contributed by atoms with Crippen LogP contribution in [-0.2, 0) is 9.59 Å². The van der Waals surface area contributed by atoms with Crippen molar-refractivity contribution in [1.29, 1.82) is 0 Å². The Morgan fingerprint density at radius 3 is 2.19 bits per heavy atom. The van der Waals surface area contributed by atoms with E-state index in [1.54, 1.807) is 4.90 Å². The molecule has 7 heteroatoms. The van der Waals surface area contributed by atoms with E-state index in [0.29, 0.717) is 26.2 Å². The Bertz CT molecular complexity index is 861. The van der Waals surface area contributed by atoms with Crippen LogP contribution in [0.2, 0.25) is 0 Å². The maximum atomic E-state index is 12.9. The molecule has 2 amide bonds. The highest BCUT2D eigenvalue weighted by atomic mass is 16.2. The summed E-state index contributed by atoms with van der Waals surface area (Å²) in [7, 11) is 0. The molecule has 2 aromatic rings. The van der Waals surface area contributed by atoms with E-state index >= 15 is 0 Å². The number of piperazine rings is 1. The van der Waals surface area contributed by atoms with Crippen molar-refractivity contribution >= 4 is 17.6 Å². The van der Waals surface area contributed by atoms with Crippen molar-refractivity contribution in [3.8, 4) is 11.3 Å². The van der Waals surface area contributed by atoms with E-state index < -0.39 is 0 Å². The number of anilines is 1. The summed E-state index contributed by atoms with van der Waals surface area (Å²) in [4.78, 5) is 31.2. The first-order chi connectivity index (χ1) is 14.9. The average molecular weight is 424 g/mol. The van der Waals surface area contributed by atoms with Gasteiger partial charge in [-0.3, -0.25) is 9.59 Å². The highest BCUT2D eigenvalue weighted by Gasteiger charge is 2.28. The lowest BCUT2D eigenvalue weighted by molar-refractivity contribution is -0.144. The van der Waals surface area contributed by atoms with Crippen LogP contribution in [0.4, 0.5) is 5.82 Å². The molecule has 3 rings (SSSR count). The predicted octanol–water partition coefficient (Wildman–Crippen LogP) is 3.08. The summed E-state index contributed by atoms with van der Waals surface area (Å²) in [6.07, 6.45) is 0.831. The van der Waals surface area contributed by atoms with Crippen molar-refractivity contribution in [2.45, 2.75) is 40.2 Å². The van der Waals surface area contributed by atoms with Gasteiger partial charge in [-0.05, 0) is 25.5 Å². The van der Waals surface area contributed by atoms with Gasteiger partial charge in [0.05, 0.1) is 12.2 Å². The van der Waals surface area contributed by atoms with Crippen LogP contribution in [0, 0.1) is 5.92 Å². The molecule has 31 heavy (non-hydrogen) atoms. The Kier molecular flexibility index (Phi) is 7.60. The molecule has 0 bridgehead atoms. The van der Waals surface area contributed by atoms with Gasteiger partial charge in [0.2, 0.25) is 11.8 Å². The minimum Gasteiger partial charge on any atom is -0.352 e. The van der Waals surface area contributed by atoms with Crippen LogP contribution in [-0.4, -0.2) is 70.6 Å². The molecule has 1 aliphatic rings. The van der Waals surface area contributed by atoms with Gasteiger partial charge >= 0.3 is 0 Å². The van der Waals surface area contributed by atoms with E-state index in [9.17, 15) is 9.59 Å². The first-order valence-electron chi connectivity index (χ1n) is 11.1. The molecule has 1 saturated heterocycles. The monoisotopic (exact) mass is 423 g/mol. The summed E-state index contributed by atoms with van der Waals surface area (Å²) in [5.41, 5.74) is 1.89. The maximum absolute atomic E-state index is 12.9. The zero-order valence-corrected chi connectivity index (χ0v) is 19.0. The predicted molar refractivity (Wildman–Crippen MR) is 123 cm³/mol. The number of amides is 2. The SMILES string of the molecule is CC[C@@H](C)N(CC(=O)N1CCN(c2ccc(-c3ccccc3)nn2)CC1)C(=O)C(C)C. The molecule has 1 aromatic carbocycles. The number of hydrogen-bond donors (Lipinski definition) is 0. The van der Waals surface area contributed by atoms with E-state index in [2.05, 4.69) is 15.1 Å². The van der Waals surface area contributed by atoms with Gasteiger partial charge in [-0.2, -0.15) is 0 Å². The first kappa shape index (κ1) is 22.7. The zero-order valence-electron chi connectivity index (χ0n) is 19.0. The number of hydrogen-bond acceptors (Lipinski definition) is 5. The average Bonchev–Trinajstić information content (AvgIpc) is 2.82. The van der Waals surface area contributed by atoms with E-state index in [0.717, 1.165) is 23.5 Å². The highest BCUT2D eigenvalue weighted by molar-refractivity contribution is 5.86. The van der Waals surface area contributed by atoms with Crippen LogP contribution in [0.3, 0.4) is 0 Å². The second-order valence-corrected chi connectivity index (χ2v) is 8.39. The van der Waals surface area contributed by atoms with Gasteiger partial charge in [-0.25, -0.2) is 0 Å². The van der Waals surface area contributed by atoms with Crippen LogP contribution < -0.4 is 4.90 Å². The van der Waals surface area contributed by atoms with Crippen molar-refractivity contribution in [3.63, 3.8) is 0 Å². The number of benzene rings is 1. The Hall–Kier alpha value is -2.96. The molecule has 166 valence electrons. The molecule has 7 nitrogen and oxygen atoms in total. The normalized spacial score (nSPS) is 15.1. The van der Waals surface area contributed by atoms with Crippen molar-refractivity contribution in [2.24, 2.45) is 5.92 Å². The smallest absolute Gasteiger partial charge is 0.242 e. The second-order valence-electron chi connectivity index (χ2n) is 8.39. The Morgan fingerprint density at radius 2 is 1.65 bits per heavy atom. The Morgan fingerprint density at radius 1 is 0.968 bits per heavy atom. The van der Waals surface area contributed by atoms with Crippen molar-refractivity contribution in [3.05, 3.63) is 42.5 Å². The van der Waals surface area contributed by atoms with Crippen LogP contribution in [0.15, 0.2) is 42.5 Å². The summed E-state index contributed by atoms with van der Waals surface area (Å²) in [6.45, 7) is 10.6. The standard InChI is InChI=1S/C24H33N5O2/c1-5-19(4)29(24(31)18(2)3)17-23(30)28-15-13-27(14-16-28)22-12-11-21(25-26-22)20-9-7-6-8-10-20/h6-12,18-19H,5,13-17H2,1-4H3/t19-/m1/s1. The van der Waals surface area contributed by atoms with Gasteiger partial charge in [0.1, 0.15) is 0 Å². The summed E-state index contributed by atoms with van der Waals surface area (Å²) in [6, 6.07) is 14.0. The number of rotatable bonds is 7. The second kappa shape index (κ2) is 10.4. The maximum Gasteiger partial charge on any atom is 0.242 e. The summed E-state index contributed by atoms with van der Waals surface area (Å²) in [5.74, 6) is 0.758. The quantitative estimate of drug-likeness (QED) is 0.685. The molecule has 0 radical (unpaired) electrons. The molecule has 0 saturated carbocycles. The summed E-state index contributed by atoms with van der Waals surface area (Å²) in [5, 5.41) is 8.76. The van der Waals surface area contributed by atoms with Crippen molar-refractivity contribution in [2.75, 3.05) is 37.6 Å². The van der Waals surface area contributed by atoms with Crippen LogP contribution in [0.1, 0.15) is 34.1 Å². The molecular formula is C24H33N5O2. The third-order valence-corrected chi connectivity index (χ3v) is 5.88. The topological polar surface area (TPSA) is 69.6 Å². The fourth-order valence-electron chi connectivity index (χ4n) is 3.69. The molecule has 0 spiro atoms. The van der Waals surface area contributed by atoms with Gasteiger partial charge in [0.25, 0.3) is 0 Å². The van der Waals surface area contributed by atoms with E-state index in [4.69, 9.17) is 0 Å². The molecule has 1 aromatic heterocycles. The third-order valence-electron chi connectivity index (χ3n) is 5.88. The third kappa shape index (κ3) is 5.60.